The smallest absolute Gasteiger partial charge is 0.302 e. The molecule has 0 saturated heterocycles. The van der Waals surface area contributed by atoms with Crippen LogP contribution in [0.1, 0.15) is 23.6 Å². The van der Waals surface area contributed by atoms with Crippen LogP contribution in [0.5, 0.6) is 5.75 Å². The summed E-state index contributed by atoms with van der Waals surface area (Å²) in [5.41, 5.74) is 8.88. The van der Waals surface area contributed by atoms with Gasteiger partial charge in [0.15, 0.2) is 0 Å². The number of benzene rings is 1. The summed E-state index contributed by atoms with van der Waals surface area (Å²) in [7, 11) is 0. The average molecular weight is 332 g/mol. The summed E-state index contributed by atoms with van der Waals surface area (Å²) in [5.74, 6) is 0.555. The van der Waals surface area contributed by atoms with Crippen LogP contribution >= 0.6 is 0 Å². The second-order valence-electron chi connectivity index (χ2n) is 6.40. The molecule has 0 atom stereocenters. The molecule has 0 fully saturated rings. The van der Waals surface area contributed by atoms with Gasteiger partial charge in [0.1, 0.15) is 19.0 Å². The lowest BCUT2D eigenvalue weighted by atomic mass is 10.0. The molecule has 0 bridgehead atoms. The summed E-state index contributed by atoms with van der Waals surface area (Å²) in [6.07, 6.45) is 0.958. The van der Waals surface area contributed by atoms with Gasteiger partial charge in [0.2, 0.25) is 0 Å². The molecule has 3 heteroatoms. The summed E-state index contributed by atoms with van der Waals surface area (Å²) < 4.78 is 11.0. The zero-order chi connectivity index (χ0) is 17.4. The largest absolute Gasteiger partial charge is 0.489 e. The maximum Gasteiger partial charge on any atom is 0.302 e. The van der Waals surface area contributed by atoms with Crippen LogP contribution in [0.4, 0.5) is 0 Å². The van der Waals surface area contributed by atoms with Gasteiger partial charge in [0, 0.05) is 12.5 Å². The van der Waals surface area contributed by atoms with Crippen LogP contribution in [0.15, 0.2) is 48.5 Å². The lowest BCUT2D eigenvalue weighted by molar-refractivity contribution is -0.141. The molecule has 1 aromatic carbocycles. The highest BCUT2D eigenvalue weighted by atomic mass is 16.6. The van der Waals surface area contributed by atoms with Gasteiger partial charge < -0.3 is 9.47 Å². The van der Waals surface area contributed by atoms with Crippen molar-refractivity contribution in [3.63, 3.8) is 0 Å². The Balaban J connectivity index is 1.78. The molecule has 0 amide bonds. The van der Waals surface area contributed by atoms with E-state index in [9.17, 15) is 4.79 Å². The molecule has 0 aliphatic heterocycles. The fraction of sp³-hybridized carbons (Fsp3) is 0.227. The Hall–Kier alpha value is -2.81. The van der Waals surface area contributed by atoms with Crippen molar-refractivity contribution >= 4 is 5.97 Å². The number of carbonyl (C=O) groups is 1. The predicted molar refractivity (Wildman–Crippen MR) is 98.2 cm³/mol. The molecule has 0 N–H and O–H groups in total. The maximum absolute atomic E-state index is 10.9. The molecule has 4 rings (SSSR count). The second-order valence-corrected chi connectivity index (χ2v) is 6.40. The number of hydrogen-bond acceptors (Lipinski definition) is 3. The normalized spacial score (nSPS) is 11.9. The lowest BCUT2D eigenvalue weighted by Crippen LogP contribution is -2.09. The summed E-state index contributed by atoms with van der Waals surface area (Å²) >= 11 is 0. The molecule has 0 unspecified atom stereocenters. The van der Waals surface area contributed by atoms with Crippen molar-refractivity contribution in [1.29, 1.82) is 0 Å². The Morgan fingerprint density at radius 1 is 0.960 bits per heavy atom. The molecule has 0 aromatic heterocycles. The van der Waals surface area contributed by atoms with E-state index in [1.807, 2.05) is 0 Å². The molecular weight excluding hydrogens is 312 g/mol. The highest BCUT2D eigenvalue weighted by Gasteiger charge is 2.23. The van der Waals surface area contributed by atoms with Gasteiger partial charge in [0.25, 0.3) is 0 Å². The molecule has 3 aliphatic rings. The Kier molecular flexibility index (Phi) is 3.92. The highest BCUT2D eigenvalue weighted by Crippen LogP contribution is 2.45. The molecule has 0 radical (unpaired) electrons. The van der Waals surface area contributed by atoms with Gasteiger partial charge in [-0.2, -0.15) is 0 Å². The van der Waals surface area contributed by atoms with Gasteiger partial charge >= 0.3 is 5.97 Å². The van der Waals surface area contributed by atoms with Gasteiger partial charge in [0.05, 0.1) is 0 Å². The summed E-state index contributed by atoms with van der Waals surface area (Å²) in [4.78, 5) is 10.9. The molecule has 3 aliphatic carbocycles. The first-order chi connectivity index (χ1) is 12.1. The Labute approximate surface area is 147 Å². The molecule has 25 heavy (non-hydrogen) atoms. The molecule has 0 spiro atoms. The van der Waals surface area contributed by atoms with Crippen molar-refractivity contribution in [2.75, 3.05) is 13.2 Å². The third kappa shape index (κ3) is 2.76. The molecular formula is C22H20O3. The Morgan fingerprint density at radius 2 is 1.72 bits per heavy atom. The minimum Gasteiger partial charge on any atom is -0.489 e. The maximum atomic E-state index is 10.9. The quantitative estimate of drug-likeness (QED) is 0.404. The average Bonchev–Trinajstić information content (AvgIpc) is 3.19. The van der Waals surface area contributed by atoms with E-state index in [1.165, 1.54) is 40.3 Å². The van der Waals surface area contributed by atoms with Gasteiger partial charge in [-0.3, -0.25) is 4.79 Å². The van der Waals surface area contributed by atoms with Crippen molar-refractivity contribution in [2.24, 2.45) is 0 Å². The summed E-state index contributed by atoms with van der Waals surface area (Å²) in [5, 5.41) is 0. The van der Waals surface area contributed by atoms with Crippen LogP contribution in [-0.2, 0) is 16.0 Å². The fourth-order valence-electron chi connectivity index (χ4n) is 3.67. The first-order valence-corrected chi connectivity index (χ1v) is 8.55. The van der Waals surface area contributed by atoms with Crippen molar-refractivity contribution in [2.45, 2.75) is 20.3 Å². The van der Waals surface area contributed by atoms with Gasteiger partial charge in [-0.1, -0.05) is 42.5 Å². The van der Waals surface area contributed by atoms with Crippen LogP contribution in [0.25, 0.3) is 22.3 Å². The van der Waals surface area contributed by atoms with E-state index in [-0.39, 0.29) is 12.6 Å². The fourth-order valence-corrected chi connectivity index (χ4v) is 3.67. The minimum absolute atomic E-state index is 0.258. The van der Waals surface area contributed by atoms with E-state index in [0.717, 1.165) is 17.7 Å². The van der Waals surface area contributed by atoms with Crippen molar-refractivity contribution in [3.05, 3.63) is 65.2 Å². The first-order valence-electron chi connectivity index (χ1n) is 8.55. The number of fused-ring (bicyclic) bond motifs is 4. The van der Waals surface area contributed by atoms with E-state index >= 15 is 0 Å². The summed E-state index contributed by atoms with van der Waals surface area (Å²) in [6.45, 7) is 4.20. The minimum atomic E-state index is -0.286. The van der Waals surface area contributed by atoms with E-state index in [2.05, 4.69) is 55.5 Å². The van der Waals surface area contributed by atoms with E-state index in [4.69, 9.17) is 9.47 Å². The standard InChI is InChI=1S/C22H20O3/c1-14-17-8-5-9-19(17)22(25-11-10-24-15(2)23)13-21-18-7-4-3-6-16(18)12-20(14)21/h3-9,13H,10-12H2,1-2H3. The SMILES string of the molecule is CC(=O)OCCOc1cc2c(c(C)c3cccc1-3)Cc1ccccc1-2. The van der Waals surface area contributed by atoms with Crippen molar-refractivity contribution < 1.29 is 14.3 Å². The van der Waals surface area contributed by atoms with Gasteiger partial charge in [-0.15, -0.1) is 0 Å². The van der Waals surface area contributed by atoms with E-state index in [0.29, 0.717) is 6.61 Å². The molecule has 1 aromatic rings. The van der Waals surface area contributed by atoms with Crippen molar-refractivity contribution in [1.82, 2.24) is 0 Å². The number of carbonyl (C=O) groups excluding carboxylic acids is 1. The Morgan fingerprint density at radius 3 is 2.56 bits per heavy atom. The van der Waals surface area contributed by atoms with Crippen LogP contribution in [0.2, 0.25) is 0 Å². The topological polar surface area (TPSA) is 35.5 Å². The highest BCUT2D eigenvalue weighted by molar-refractivity contribution is 5.86. The van der Waals surface area contributed by atoms with Crippen molar-refractivity contribution in [3.8, 4) is 28.0 Å². The monoisotopic (exact) mass is 332 g/mol. The van der Waals surface area contributed by atoms with Gasteiger partial charge in [-0.25, -0.2) is 0 Å². The van der Waals surface area contributed by atoms with Crippen LogP contribution in [0.3, 0.4) is 0 Å². The predicted octanol–water partition coefficient (Wildman–Crippen LogP) is 4.61. The number of rotatable bonds is 4. The summed E-state index contributed by atoms with van der Waals surface area (Å²) in [6, 6.07) is 17.0. The third-order valence-electron chi connectivity index (χ3n) is 4.86. The second kappa shape index (κ2) is 6.25. The number of esters is 1. The lowest BCUT2D eigenvalue weighted by Gasteiger charge is -2.09. The Bertz CT molecular complexity index is 927. The third-order valence-corrected chi connectivity index (χ3v) is 4.86. The molecule has 126 valence electrons. The van der Waals surface area contributed by atoms with Crippen LogP contribution in [-0.4, -0.2) is 19.2 Å². The molecule has 0 heterocycles. The number of ether oxygens (including phenoxy) is 2. The zero-order valence-corrected chi connectivity index (χ0v) is 14.5. The molecule has 0 saturated carbocycles. The van der Waals surface area contributed by atoms with E-state index in [1.54, 1.807) is 0 Å². The van der Waals surface area contributed by atoms with Crippen LogP contribution in [0, 0.1) is 6.92 Å². The van der Waals surface area contributed by atoms with E-state index < -0.39 is 0 Å². The van der Waals surface area contributed by atoms with Crippen LogP contribution < -0.4 is 4.74 Å². The first kappa shape index (κ1) is 15.7. The molecule has 3 nitrogen and oxygen atoms in total. The van der Waals surface area contributed by atoms with Gasteiger partial charge in [-0.05, 0) is 52.8 Å². The number of hydrogen-bond donors (Lipinski definition) is 0. The zero-order valence-electron chi connectivity index (χ0n) is 14.5.